The van der Waals surface area contributed by atoms with Gasteiger partial charge in [0.05, 0.1) is 0 Å². The Morgan fingerprint density at radius 2 is 2.06 bits per heavy atom. The van der Waals surface area contributed by atoms with E-state index in [0.29, 0.717) is 24.9 Å². The summed E-state index contributed by atoms with van der Waals surface area (Å²) in [6.45, 7) is 5.39. The van der Waals surface area contributed by atoms with Gasteiger partial charge >= 0.3 is 0 Å². The third-order valence-electron chi connectivity index (χ3n) is 2.48. The molecular formula is C13H19F2NO. The Morgan fingerprint density at radius 1 is 1.29 bits per heavy atom. The van der Waals surface area contributed by atoms with E-state index < -0.39 is 11.6 Å². The van der Waals surface area contributed by atoms with Gasteiger partial charge in [0.25, 0.3) is 0 Å². The molecule has 0 aliphatic carbocycles. The van der Waals surface area contributed by atoms with Crippen LogP contribution in [0.2, 0.25) is 0 Å². The van der Waals surface area contributed by atoms with Crippen molar-refractivity contribution in [3.63, 3.8) is 0 Å². The number of rotatable bonds is 7. The number of halogens is 2. The first-order valence-electron chi connectivity index (χ1n) is 5.94. The molecule has 0 radical (unpaired) electrons. The second kappa shape index (κ2) is 7.22. The van der Waals surface area contributed by atoms with Crippen LogP contribution in [0.1, 0.15) is 26.7 Å². The molecule has 1 rings (SSSR count). The smallest absolute Gasteiger partial charge is 0.162 e. The van der Waals surface area contributed by atoms with Crippen molar-refractivity contribution in [2.75, 3.05) is 13.2 Å². The molecule has 0 aliphatic rings. The number of benzene rings is 1. The van der Waals surface area contributed by atoms with Gasteiger partial charge < -0.3 is 10.1 Å². The van der Waals surface area contributed by atoms with Gasteiger partial charge in [-0.1, -0.05) is 13.3 Å². The standard InChI is InChI=1S/C13H19F2NO/c1-3-4-10(2)16-7-8-17-11-5-6-12(14)13(15)9-11/h5-6,9-10,16H,3-4,7-8H2,1-2H3. The van der Waals surface area contributed by atoms with Gasteiger partial charge in [0.2, 0.25) is 0 Å². The van der Waals surface area contributed by atoms with Crippen molar-refractivity contribution in [3.8, 4) is 5.75 Å². The van der Waals surface area contributed by atoms with Crippen molar-refractivity contribution in [3.05, 3.63) is 29.8 Å². The fraction of sp³-hybridized carbons (Fsp3) is 0.538. The second-order valence-electron chi connectivity index (χ2n) is 4.07. The van der Waals surface area contributed by atoms with Crippen LogP contribution in [0.15, 0.2) is 18.2 Å². The van der Waals surface area contributed by atoms with Gasteiger partial charge in [-0.15, -0.1) is 0 Å². The predicted molar refractivity (Wildman–Crippen MR) is 64.2 cm³/mol. The highest BCUT2D eigenvalue weighted by atomic mass is 19.2. The van der Waals surface area contributed by atoms with Crippen LogP contribution in [0.5, 0.6) is 5.75 Å². The van der Waals surface area contributed by atoms with Gasteiger partial charge in [0, 0.05) is 18.7 Å². The van der Waals surface area contributed by atoms with Crippen molar-refractivity contribution >= 4 is 0 Å². The minimum atomic E-state index is -0.880. The highest BCUT2D eigenvalue weighted by Crippen LogP contribution is 2.14. The monoisotopic (exact) mass is 243 g/mol. The average molecular weight is 243 g/mol. The molecule has 1 N–H and O–H groups in total. The highest BCUT2D eigenvalue weighted by molar-refractivity contribution is 5.23. The molecular weight excluding hydrogens is 224 g/mol. The molecule has 0 bridgehead atoms. The Morgan fingerprint density at radius 3 is 2.71 bits per heavy atom. The first kappa shape index (κ1) is 13.9. The zero-order valence-corrected chi connectivity index (χ0v) is 10.3. The SMILES string of the molecule is CCCC(C)NCCOc1ccc(F)c(F)c1. The number of nitrogens with one attached hydrogen (secondary N) is 1. The fourth-order valence-corrected chi connectivity index (χ4v) is 1.58. The fourth-order valence-electron chi connectivity index (χ4n) is 1.58. The maximum Gasteiger partial charge on any atom is 0.162 e. The molecule has 17 heavy (non-hydrogen) atoms. The molecule has 0 heterocycles. The average Bonchev–Trinajstić information content (AvgIpc) is 2.29. The zero-order valence-electron chi connectivity index (χ0n) is 10.3. The lowest BCUT2D eigenvalue weighted by molar-refractivity contribution is 0.302. The normalized spacial score (nSPS) is 12.5. The molecule has 1 unspecified atom stereocenters. The van der Waals surface area contributed by atoms with Gasteiger partial charge in [-0.3, -0.25) is 0 Å². The lowest BCUT2D eigenvalue weighted by atomic mass is 10.2. The minimum Gasteiger partial charge on any atom is -0.492 e. The molecule has 0 saturated heterocycles. The Bertz CT molecular complexity index is 344. The van der Waals surface area contributed by atoms with Gasteiger partial charge in [0.15, 0.2) is 11.6 Å². The largest absolute Gasteiger partial charge is 0.492 e. The summed E-state index contributed by atoms with van der Waals surface area (Å²) in [6.07, 6.45) is 2.25. The van der Waals surface area contributed by atoms with E-state index in [1.165, 1.54) is 6.07 Å². The van der Waals surface area contributed by atoms with Gasteiger partial charge in [0.1, 0.15) is 12.4 Å². The van der Waals surface area contributed by atoms with E-state index >= 15 is 0 Å². The van der Waals surface area contributed by atoms with Crippen LogP contribution in [0, 0.1) is 11.6 Å². The number of hydrogen-bond donors (Lipinski definition) is 1. The molecule has 4 heteroatoms. The van der Waals surface area contributed by atoms with Crippen LogP contribution in [-0.4, -0.2) is 19.2 Å². The third-order valence-corrected chi connectivity index (χ3v) is 2.48. The topological polar surface area (TPSA) is 21.3 Å². The summed E-state index contributed by atoms with van der Waals surface area (Å²) < 4.78 is 30.8. The van der Waals surface area contributed by atoms with Crippen molar-refractivity contribution < 1.29 is 13.5 Å². The lowest BCUT2D eigenvalue weighted by Crippen LogP contribution is -2.29. The molecule has 1 aromatic carbocycles. The summed E-state index contributed by atoms with van der Waals surface area (Å²) in [7, 11) is 0. The van der Waals surface area contributed by atoms with Gasteiger partial charge in [-0.25, -0.2) is 8.78 Å². The second-order valence-corrected chi connectivity index (χ2v) is 4.07. The Balaban J connectivity index is 2.24. The molecule has 96 valence electrons. The Hall–Kier alpha value is -1.16. The van der Waals surface area contributed by atoms with Crippen LogP contribution >= 0.6 is 0 Å². The summed E-state index contributed by atoms with van der Waals surface area (Å²) in [5, 5.41) is 3.29. The maximum absolute atomic E-state index is 12.8. The summed E-state index contributed by atoms with van der Waals surface area (Å²) >= 11 is 0. The summed E-state index contributed by atoms with van der Waals surface area (Å²) in [5.41, 5.74) is 0. The molecule has 0 spiro atoms. The molecule has 0 saturated carbocycles. The number of ether oxygens (including phenoxy) is 1. The Labute approximate surface area is 101 Å². The van der Waals surface area contributed by atoms with Crippen LogP contribution in [0.4, 0.5) is 8.78 Å². The first-order chi connectivity index (χ1) is 8.13. The minimum absolute atomic E-state index is 0.355. The molecule has 1 atom stereocenters. The van der Waals surface area contributed by atoms with Crippen molar-refractivity contribution in [2.45, 2.75) is 32.7 Å². The van der Waals surface area contributed by atoms with Crippen molar-refractivity contribution in [2.24, 2.45) is 0 Å². The van der Waals surface area contributed by atoms with Gasteiger partial charge in [-0.05, 0) is 25.5 Å². The van der Waals surface area contributed by atoms with E-state index in [0.717, 1.165) is 25.0 Å². The molecule has 1 aromatic rings. The van der Waals surface area contributed by atoms with Crippen molar-refractivity contribution in [1.82, 2.24) is 5.32 Å². The van der Waals surface area contributed by atoms with Crippen LogP contribution in [-0.2, 0) is 0 Å². The van der Waals surface area contributed by atoms with Crippen LogP contribution in [0.3, 0.4) is 0 Å². The summed E-state index contributed by atoms with van der Waals surface area (Å²) in [5.74, 6) is -1.38. The quantitative estimate of drug-likeness (QED) is 0.743. The van der Waals surface area contributed by atoms with Crippen LogP contribution < -0.4 is 10.1 Å². The molecule has 0 aliphatic heterocycles. The third kappa shape index (κ3) is 5.13. The summed E-state index contributed by atoms with van der Waals surface area (Å²) in [4.78, 5) is 0. The van der Waals surface area contributed by atoms with Gasteiger partial charge in [-0.2, -0.15) is 0 Å². The highest BCUT2D eigenvalue weighted by Gasteiger charge is 2.03. The van der Waals surface area contributed by atoms with E-state index in [2.05, 4.69) is 19.2 Å². The van der Waals surface area contributed by atoms with E-state index in [1.807, 2.05) is 0 Å². The zero-order chi connectivity index (χ0) is 12.7. The number of hydrogen-bond acceptors (Lipinski definition) is 2. The molecule has 0 aromatic heterocycles. The summed E-state index contributed by atoms with van der Waals surface area (Å²) in [6, 6.07) is 4.00. The van der Waals surface area contributed by atoms with Crippen molar-refractivity contribution in [1.29, 1.82) is 0 Å². The predicted octanol–water partition coefficient (Wildman–Crippen LogP) is 3.12. The van der Waals surface area contributed by atoms with Crippen LogP contribution in [0.25, 0.3) is 0 Å². The molecule has 0 amide bonds. The maximum atomic E-state index is 12.8. The first-order valence-corrected chi connectivity index (χ1v) is 5.94. The molecule has 0 fully saturated rings. The van der Waals surface area contributed by atoms with E-state index in [1.54, 1.807) is 0 Å². The lowest BCUT2D eigenvalue weighted by Gasteiger charge is -2.13. The van der Waals surface area contributed by atoms with E-state index in [-0.39, 0.29) is 0 Å². The van der Waals surface area contributed by atoms with E-state index in [4.69, 9.17) is 4.74 Å². The molecule has 2 nitrogen and oxygen atoms in total. The van der Waals surface area contributed by atoms with E-state index in [9.17, 15) is 8.78 Å². The Kier molecular flexibility index (Phi) is 5.91.